The zero-order valence-corrected chi connectivity index (χ0v) is 12.4. The van der Waals surface area contributed by atoms with E-state index >= 15 is 0 Å². The zero-order chi connectivity index (χ0) is 15.0. The Labute approximate surface area is 127 Å². The average molecular weight is 306 g/mol. The number of carboxylic acid groups (broad SMARTS) is 1. The van der Waals surface area contributed by atoms with E-state index in [0.717, 1.165) is 25.3 Å². The Kier molecular flexibility index (Phi) is 3.69. The van der Waals surface area contributed by atoms with Gasteiger partial charge >= 0.3 is 5.97 Å². The molecule has 110 valence electrons. The van der Waals surface area contributed by atoms with Crippen LogP contribution in [0.2, 0.25) is 5.02 Å². The van der Waals surface area contributed by atoms with E-state index in [-0.39, 0.29) is 10.6 Å². The number of likely N-dealkylation sites (N-methyl/N-ethyl adjacent to an activating group) is 1. The molecule has 1 aromatic heterocycles. The van der Waals surface area contributed by atoms with Crippen LogP contribution in [0.1, 0.15) is 16.8 Å². The van der Waals surface area contributed by atoms with Crippen molar-refractivity contribution in [1.29, 1.82) is 0 Å². The molecule has 0 radical (unpaired) electrons. The Morgan fingerprint density at radius 1 is 1.43 bits per heavy atom. The first kappa shape index (κ1) is 14.1. The maximum atomic E-state index is 11.3. The van der Waals surface area contributed by atoms with E-state index in [4.69, 9.17) is 11.6 Å². The van der Waals surface area contributed by atoms with Crippen molar-refractivity contribution in [1.82, 2.24) is 10.3 Å². The first-order valence-electron chi connectivity index (χ1n) is 6.85. The van der Waals surface area contributed by atoms with Crippen molar-refractivity contribution in [3.05, 3.63) is 34.9 Å². The Morgan fingerprint density at radius 3 is 2.90 bits per heavy atom. The van der Waals surface area contributed by atoms with Crippen molar-refractivity contribution in [3.63, 3.8) is 0 Å². The lowest BCUT2D eigenvalue weighted by Crippen LogP contribution is -2.29. The molecule has 1 aliphatic rings. The van der Waals surface area contributed by atoms with E-state index in [0.29, 0.717) is 16.9 Å². The van der Waals surface area contributed by atoms with Crippen LogP contribution in [0.5, 0.6) is 0 Å². The van der Waals surface area contributed by atoms with Gasteiger partial charge in [-0.25, -0.2) is 9.78 Å². The molecule has 3 rings (SSSR count). The number of hydrogen-bond donors (Lipinski definition) is 2. The van der Waals surface area contributed by atoms with Crippen molar-refractivity contribution >= 4 is 34.3 Å². The summed E-state index contributed by atoms with van der Waals surface area (Å²) in [5, 5.41) is 13.4. The van der Waals surface area contributed by atoms with Gasteiger partial charge in [0, 0.05) is 24.5 Å². The lowest BCUT2D eigenvalue weighted by molar-refractivity contribution is 0.0699. The van der Waals surface area contributed by atoms with Gasteiger partial charge in [-0.15, -0.1) is 0 Å². The molecule has 0 bridgehead atoms. The SMILES string of the molecule is CN[C@H]1CCN(c2ccc3c(C(=O)O)c(Cl)ccc3n2)C1. The van der Waals surface area contributed by atoms with Gasteiger partial charge in [0.25, 0.3) is 0 Å². The number of nitrogens with zero attached hydrogens (tertiary/aromatic N) is 2. The molecule has 2 heterocycles. The molecule has 2 N–H and O–H groups in total. The lowest BCUT2D eigenvalue weighted by atomic mass is 10.1. The number of fused-ring (bicyclic) bond motifs is 1. The molecule has 0 aliphatic carbocycles. The molecule has 1 fully saturated rings. The number of aromatic carboxylic acids is 1. The fraction of sp³-hybridized carbons (Fsp3) is 0.333. The molecule has 1 aliphatic heterocycles. The second kappa shape index (κ2) is 5.50. The number of hydrogen-bond acceptors (Lipinski definition) is 4. The van der Waals surface area contributed by atoms with Crippen molar-refractivity contribution in [3.8, 4) is 0 Å². The number of halogens is 1. The summed E-state index contributed by atoms with van der Waals surface area (Å²) in [5.41, 5.74) is 0.768. The number of rotatable bonds is 3. The summed E-state index contributed by atoms with van der Waals surface area (Å²) in [6, 6.07) is 7.48. The van der Waals surface area contributed by atoms with Gasteiger partial charge in [-0.05, 0) is 37.7 Å². The van der Waals surface area contributed by atoms with Gasteiger partial charge in [0.1, 0.15) is 5.82 Å². The van der Waals surface area contributed by atoms with Crippen LogP contribution in [-0.2, 0) is 0 Å². The number of anilines is 1. The molecule has 0 amide bonds. The summed E-state index contributed by atoms with van der Waals surface area (Å²) in [6.07, 6.45) is 1.08. The Balaban J connectivity index is 2.02. The zero-order valence-electron chi connectivity index (χ0n) is 11.6. The number of carbonyl (C=O) groups is 1. The van der Waals surface area contributed by atoms with E-state index in [1.165, 1.54) is 0 Å². The molecule has 0 unspecified atom stereocenters. The van der Waals surface area contributed by atoms with Crippen molar-refractivity contribution in [2.45, 2.75) is 12.5 Å². The van der Waals surface area contributed by atoms with Crippen LogP contribution in [0.4, 0.5) is 5.82 Å². The van der Waals surface area contributed by atoms with Crippen LogP contribution in [-0.4, -0.2) is 42.2 Å². The lowest BCUT2D eigenvalue weighted by Gasteiger charge is -2.18. The number of carboxylic acids is 1. The van der Waals surface area contributed by atoms with Crippen molar-refractivity contribution in [2.75, 3.05) is 25.0 Å². The van der Waals surface area contributed by atoms with Gasteiger partial charge < -0.3 is 15.3 Å². The predicted octanol–water partition coefficient (Wildman–Crippen LogP) is 2.38. The smallest absolute Gasteiger partial charge is 0.337 e. The minimum atomic E-state index is -1.03. The van der Waals surface area contributed by atoms with Crippen molar-refractivity contribution in [2.24, 2.45) is 0 Å². The largest absolute Gasteiger partial charge is 0.478 e. The number of benzene rings is 1. The maximum Gasteiger partial charge on any atom is 0.337 e. The number of aromatic nitrogens is 1. The molecular formula is C15H16ClN3O2. The summed E-state index contributed by atoms with van der Waals surface area (Å²) in [4.78, 5) is 18.1. The molecule has 0 saturated carbocycles. The third-order valence-electron chi connectivity index (χ3n) is 3.94. The van der Waals surface area contributed by atoms with Gasteiger partial charge in [-0.2, -0.15) is 0 Å². The van der Waals surface area contributed by atoms with Crippen molar-refractivity contribution < 1.29 is 9.90 Å². The first-order chi connectivity index (χ1) is 10.1. The maximum absolute atomic E-state index is 11.3. The highest BCUT2D eigenvalue weighted by Gasteiger charge is 2.22. The Morgan fingerprint density at radius 2 is 2.24 bits per heavy atom. The second-order valence-electron chi connectivity index (χ2n) is 5.18. The Hall–Kier alpha value is -1.85. The fourth-order valence-electron chi connectivity index (χ4n) is 2.76. The average Bonchev–Trinajstić information content (AvgIpc) is 2.95. The van der Waals surface area contributed by atoms with Gasteiger partial charge in [0.2, 0.25) is 0 Å². The summed E-state index contributed by atoms with van der Waals surface area (Å²) < 4.78 is 0. The molecule has 1 atom stereocenters. The summed E-state index contributed by atoms with van der Waals surface area (Å²) in [7, 11) is 1.96. The summed E-state index contributed by atoms with van der Waals surface area (Å²) in [6.45, 7) is 1.86. The summed E-state index contributed by atoms with van der Waals surface area (Å²) >= 11 is 5.98. The second-order valence-corrected chi connectivity index (χ2v) is 5.59. The molecule has 21 heavy (non-hydrogen) atoms. The number of pyridine rings is 1. The van der Waals surface area contributed by atoms with Crippen LogP contribution >= 0.6 is 11.6 Å². The highest BCUT2D eigenvalue weighted by atomic mass is 35.5. The Bertz CT molecular complexity index is 705. The van der Waals surface area contributed by atoms with Gasteiger partial charge in [-0.3, -0.25) is 0 Å². The highest BCUT2D eigenvalue weighted by molar-refractivity contribution is 6.35. The van der Waals surface area contributed by atoms with Crippen LogP contribution in [0.3, 0.4) is 0 Å². The highest BCUT2D eigenvalue weighted by Crippen LogP contribution is 2.28. The van der Waals surface area contributed by atoms with E-state index in [1.54, 1.807) is 18.2 Å². The minimum Gasteiger partial charge on any atom is -0.478 e. The molecule has 2 aromatic rings. The quantitative estimate of drug-likeness (QED) is 0.911. The monoisotopic (exact) mass is 305 g/mol. The normalized spacial score (nSPS) is 18.4. The van der Waals surface area contributed by atoms with Gasteiger partial charge in [0.15, 0.2) is 0 Å². The first-order valence-corrected chi connectivity index (χ1v) is 7.22. The van der Waals surface area contributed by atoms with E-state index < -0.39 is 5.97 Å². The third kappa shape index (κ3) is 2.54. The van der Waals surface area contributed by atoms with Crippen LogP contribution in [0.25, 0.3) is 10.9 Å². The molecular weight excluding hydrogens is 290 g/mol. The van der Waals surface area contributed by atoms with E-state index in [2.05, 4.69) is 15.2 Å². The molecule has 0 spiro atoms. The van der Waals surface area contributed by atoms with E-state index in [1.807, 2.05) is 13.1 Å². The van der Waals surface area contributed by atoms with E-state index in [9.17, 15) is 9.90 Å². The van der Waals surface area contributed by atoms with Crippen LogP contribution < -0.4 is 10.2 Å². The van der Waals surface area contributed by atoms with Crippen LogP contribution in [0.15, 0.2) is 24.3 Å². The molecule has 5 nitrogen and oxygen atoms in total. The third-order valence-corrected chi connectivity index (χ3v) is 4.26. The molecule has 6 heteroatoms. The summed E-state index contributed by atoms with van der Waals surface area (Å²) in [5.74, 6) is -0.157. The van der Waals surface area contributed by atoms with Gasteiger partial charge in [0.05, 0.1) is 16.1 Å². The predicted molar refractivity (Wildman–Crippen MR) is 83.4 cm³/mol. The van der Waals surface area contributed by atoms with Crippen LogP contribution in [0, 0.1) is 0 Å². The molecule has 1 aromatic carbocycles. The number of nitrogens with one attached hydrogen (secondary N) is 1. The van der Waals surface area contributed by atoms with Gasteiger partial charge in [-0.1, -0.05) is 11.6 Å². The minimum absolute atomic E-state index is 0.114. The fourth-order valence-corrected chi connectivity index (χ4v) is 3.01. The topological polar surface area (TPSA) is 65.5 Å². The molecule has 1 saturated heterocycles. The standard InChI is InChI=1S/C15H16ClN3O2/c1-17-9-6-7-19(8-9)13-5-2-10-12(18-13)4-3-11(16)14(10)15(20)21/h2-5,9,17H,6-8H2,1H3,(H,20,21)/t9-/m0/s1.